The Labute approximate surface area is 42.0 Å². The molecule has 0 aromatic rings. The predicted octanol–water partition coefficient (Wildman–Crippen LogP) is 0.465. The first-order valence-electron chi connectivity index (χ1n) is 2.11. The molecule has 1 rings (SSSR count). The van der Waals surface area contributed by atoms with Gasteiger partial charge in [-0.1, -0.05) is 0 Å². The molecule has 2 nitrogen and oxygen atoms in total. The lowest BCUT2D eigenvalue weighted by Gasteiger charge is -1.64. The highest BCUT2D eigenvalue weighted by Gasteiger charge is 2.17. The zero-order valence-corrected chi connectivity index (χ0v) is 3.79. The van der Waals surface area contributed by atoms with Crippen LogP contribution < -0.4 is 0 Å². The first-order valence-corrected chi connectivity index (χ1v) is 2.11. The van der Waals surface area contributed by atoms with Crippen molar-refractivity contribution in [3.05, 3.63) is 12.2 Å². The van der Waals surface area contributed by atoms with Gasteiger partial charge in [-0.25, -0.2) is 0 Å². The van der Waals surface area contributed by atoms with Crippen LogP contribution in [0, 0.1) is 11.3 Å². The Kier molecular flexibility index (Phi) is 1.10. The van der Waals surface area contributed by atoms with E-state index in [0.29, 0.717) is 0 Å². The van der Waals surface area contributed by atoms with E-state index in [0.717, 1.165) is 6.61 Å². The standard InChI is InChI=1S/C5H5NO/c6-3-1-2-5-4-7-5/h1-2,5H,4H2/b2-1-/t5-/m1/s1. The molecule has 0 aromatic carbocycles. The van der Waals surface area contributed by atoms with Gasteiger partial charge in [0.1, 0.15) is 6.10 Å². The molecule has 0 aliphatic carbocycles. The first kappa shape index (κ1) is 4.35. The number of nitrogens with zero attached hydrogens (tertiary/aromatic N) is 1. The fraction of sp³-hybridized carbons (Fsp3) is 0.400. The van der Waals surface area contributed by atoms with E-state index in [1.165, 1.54) is 6.08 Å². The van der Waals surface area contributed by atoms with Crippen molar-refractivity contribution in [2.24, 2.45) is 0 Å². The third-order valence-corrected chi connectivity index (χ3v) is 0.745. The molecule has 0 aromatic heterocycles. The van der Waals surface area contributed by atoms with Crippen LogP contribution in [0.5, 0.6) is 0 Å². The maximum absolute atomic E-state index is 7.95. The van der Waals surface area contributed by atoms with Crippen LogP contribution in [-0.4, -0.2) is 12.7 Å². The first-order chi connectivity index (χ1) is 3.43. The SMILES string of the molecule is N#C/C=C\[C@@H]1CO1. The van der Waals surface area contributed by atoms with Crippen molar-refractivity contribution >= 4 is 0 Å². The predicted molar refractivity (Wildman–Crippen MR) is 24.5 cm³/mol. The Morgan fingerprint density at radius 2 is 2.57 bits per heavy atom. The molecule has 2 heteroatoms. The zero-order valence-electron chi connectivity index (χ0n) is 3.79. The molecule has 0 N–H and O–H groups in total. The van der Waals surface area contributed by atoms with Crippen molar-refractivity contribution in [2.45, 2.75) is 6.10 Å². The lowest BCUT2D eigenvalue weighted by atomic mass is 10.4. The Hall–Kier alpha value is -0.810. The van der Waals surface area contributed by atoms with Crippen molar-refractivity contribution in [1.29, 1.82) is 5.26 Å². The second-order valence-corrected chi connectivity index (χ2v) is 1.36. The molecule has 1 aliphatic rings. The monoisotopic (exact) mass is 95.0 g/mol. The molecule has 0 amide bonds. The minimum Gasteiger partial charge on any atom is -0.369 e. The van der Waals surface area contributed by atoms with Gasteiger partial charge in [-0.05, 0) is 6.08 Å². The van der Waals surface area contributed by atoms with Gasteiger partial charge in [-0.2, -0.15) is 5.26 Å². The summed E-state index contributed by atoms with van der Waals surface area (Å²) in [5.74, 6) is 0. The van der Waals surface area contributed by atoms with E-state index in [2.05, 4.69) is 0 Å². The highest BCUT2D eigenvalue weighted by Crippen LogP contribution is 2.08. The molecule has 1 fully saturated rings. The van der Waals surface area contributed by atoms with Gasteiger partial charge in [0.15, 0.2) is 0 Å². The van der Waals surface area contributed by atoms with Crippen LogP contribution in [0.15, 0.2) is 12.2 Å². The summed E-state index contributed by atoms with van der Waals surface area (Å²) in [6.07, 6.45) is 3.44. The second kappa shape index (κ2) is 1.76. The molecule has 0 saturated carbocycles. The summed E-state index contributed by atoms with van der Waals surface area (Å²) >= 11 is 0. The van der Waals surface area contributed by atoms with Gasteiger partial charge in [0.05, 0.1) is 12.7 Å². The van der Waals surface area contributed by atoms with Crippen molar-refractivity contribution in [2.75, 3.05) is 6.61 Å². The maximum atomic E-state index is 7.95. The number of hydrogen-bond donors (Lipinski definition) is 0. The molecular weight excluding hydrogens is 90.1 g/mol. The molecule has 0 radical (unpaired) electrons. The third kappa shape index (κ3) is 1.38. The van der Waals surface area contributed by atoms with E-state index in [1.807, 2.05) is 6.07 Å². The summed E-state index contributed by atoms with van der Waals surface area (Å²) in [6.45, 7) is 0.790. The van der Waals surface area contributed by atoms with Crippen LogP contribution in [0.25, 0.3) is 0 Å². The molecule has 7 heavy (non-hydrogen) atoms. The van der Waals surface area contributed by atoms with E-state index in [4.69, 9.17) is 10.00 Å². The largest absolute Gasteiger partial charge is 0.369 e. The van der Waals surface area contributed by atoms with E-state index in [1.54, 1.807) is 6.08 Å². The average Bonchev–Trinajstić information content (AvgIpc) is 2.42. The number of rotatable bonds is 1. The fourth-order valence-corrected chi connectivity index (χ4v) is 0.317. The van der Waals surface area contributed by atoms with Crippen molar-refractivity contribution in [3.63, 3.8) is 0 Å². The van der Waals surface area contributed by atoms with Gasteiger partial charge in [0.2, 0.25) is 0 Å². The molecule has 1 saturated heterocycles. The minimum absolute atomic E-state index is 0.250. The number of nitriles is 1. The summed E-state index contributed by atoms with van der Waals surface area (Å²) in [7, 11) is 0. The number of ether oxygens (including phenoxy) is 1. The Balaban J connectivity index is 2.21. The normalized spacial score (nSPS) is 27.6. The molecular formula is C5H5NO. The van der Waals surface area contributed by atoms with Gasteiger partial charge in [0.25, 0.3) is 0 Å². The van der Waals surface area contributed by atoms with E-state index < -0.39 is 0 Å². The third-order valence-electron chi connectivity index (χ3n) is 0.745. The fourth-order valence-electron chi connectivity index (χ4n) is 0.317. The molecule has 1 heterocycles. The number of epoxide rings is 1. The van der Waals surface area contributed by atoms with Crippen LogP contribution >= 0.6 is 0 Å². The molecule has 1 aliphatic heterocycles. The summed E-state index contributed by atoms with van der Waals surface area (Å²) in [6, 6.07) is 1.88. The summed E-state index contributed by atoms with van der Waals surface area (Å²) < 4.78 is 4.77. The van der Waals surface area contributed by atoms with Gasteiger partial charge in [0, 0.05) is 6.08 Å². The lowest BCUT2D eigenvalue weighted by molar-refractivity contribution is 0.440. The summed E-state index contributed by atoms with van der Waals surface area (Å²) in [5, 5.41) is 7.95. The smallest absolute Gasteiger partial charge is 0.100 e. The van der Waals surface area contributed by atoms with Crippen LogP contribution in [0.2, 0.25) is 0 Å². The zero-order chi connectivity index (χ0) is 5.11. The van der Waals surface area contributed by atoms with Gasteiger partial charge in [-0.3, -0.25) is 0 Å². The van der Waals surface area contributed by atoms with Crippen LogP contribution in [0.4, 0.5) is 0 Å². The van der Waals surface area contributed by atoms with Gasteiger partial charge in [-0.15, -0.1) is 0 Å². The average molecular weight is 95.1 g/mol. The van der Waals surface area contributed by atoms with Crippen LogP contribution in [-0.2, 0) is 4.74 Å². The van der Waals surface area contributed by atoms with E-state index in [9.17, 15) is 0 Å². The topological polar surface area (TPSA) is 36.3 Å². The van der Waals surface area contributed by atoms with E-state index >= 15 is 0 Å². The lowest BCUT2D eigenvalue weighted by Crippen LogP contribution is -1.69. The van der Waals surface area contributed by atoms with Crippen LogP contribution in [0.3, 0.4) is 0 Å². The number of hydrogen-bond acceptors (Lipinski definition) is 2. The van der Waals surface area contributed by atoms with Crippen molar-refractivity contribution in [3.8, 4) is 6.07 Å². The molecule has 0 bridgehead atoms. The minimum atomic E-state index is 0.250. The van der Waals surface area contributed by atoms with Gasteiger partial charge >= 0.3 is 0 Å². The van der Waals surface area contributed by atoms with Crippen molar-refractivity contribution in [1.82, 2.24) is 0 Å². The number of allylic oxidation sites excluding steroid dienone is 1. The quantitative estimate of drug-likeness (QED) is 0.350. The van der Waals surface area contributed by atoms with Crippen molar-refractivity contribution < 1.29 is 4.74 Å². The molecule has 0 spiro atoms. The highest BCUT2D eigenvalue weighted by atomic mass is 16.6. The van der Waals surface area contributed by atoms with Gasteiger partial charge < -0.3 is 4.74 Å². The summed E-state index contributed by atoms with van der Waals surface area (Å²) in [4.78, 5) is 0. The highest BCUT2D eigenvalue weighted by molar-refractivity contribution is 5.07. The Bertz CT molecular complexity index is 119. The molecule has 36 valence electrons. The molecule has 1 atom stereocenters. The second-order valence-electron chi connectivity index (χ2n) is 1.36. The van der Waals surface area contributed by atoms with Crippen LogP contribution in [0.1, 0.15) is 0 Å². The molecule has 0 unspecified atom stereocenters. The summed E-state index contributed by atoms with van der Waals surface area (Å²) in [5.41, 5.74) is 0. The maximum Gasteiger partial charge on any atom is 0.100 e. The Morgan fingerprint density at radius 3 is 3.00 bits per heavy atom. The van der Waals surface area contributed by atoms with E-state index in [-0.39, 0.29) is 6.10 Å². The Morgan fingerprint density at radius 1 is 1.86 bits per heavy atom.